The highest BCUT2D eigenvalue weighted by Crippen LogP contribution is 2.21. The lowest BCUT2D eigenvalue weighted by Crippen LogP contribution is -2.16. The first-order valence-electron chi connectivity index (χ1n) is 4.67. The summed E-state index contributed by atoms with van der Waals surface area (Å²) in [6.45, 7) is 1.65. The van der Waals surface area contributed by atoms with E-state index in [1.54, 1.807) is 6.92 Å². The Morgan fingerprint density at radius 3 is 2.38 bits per heavy atom. The lowest BCUT2D eigenvalue weighted by molar-refractivity contribution is -0.138. The van der Waals surface area contributed by atoms with Crippen molar-refractivity contribution < 1.29 is 26.3 Å². The molecule has 0 radical (unpaired) electrons. The minimum Gasteiger partial charge on any atom is -0.381 e. The van der Waals surface area contributed by atoms with Gasteiger partial charge in [0.2, 0.25) is 9.05 Å². The summed E-state index contributed by atoms with van der Waals surface area (Å²) in [6, 6.07) is 0. The lowest BCUT2D eigenvalue weighted by atomic mass is 10.2. The molecule has 3 nitrogen and oxygen atoms in total. The smallest absolute Gasteiger partial charge is 0.381 e. The van der Waals surface area contributed by atoms with Gasteiger partial charge in [0.25, 0.3) is 0 Å². The van der Waals surface area contributed by atoms with E-state index in [1.807, 2.05) is 0 Å². The fourth-order valence-corrected chi connectivity index (χ4v) is 2.47. The maximum atomic E-state index is 11.7. The van der Waals surface area contributed by atoms with Crippen LogP contribution in [-0.4, -0.2) is 33.6 Å². The van der Waals surface area contributed by atoms with Crippen LogP contribution in [0.15, 0.2) is 0 Å². The van der Waals surface area contributed by atoms with E-state index >= 15 is 0 Å². The van der Waals surface area contributed by atoms with Crippen molar-refractivity contribution in [3.05, 3.63) is 0 Å². The van der Waals surface area contributed by atoms with E-state index in [0.29, 0.717) is 0 Å². The lowest BCUT2D eigenvalue weighted by Gasteiger charge is -2.10. The third-order valence-corrected chi connectivity index (χ3v) is 2.98. The highest BCUT2D eigenvalue weighted by molar-refractivity contribution is 8.13. The van der Waals surface area contributed by atoms with Crippen LogP contribution in [0.3, 0.4) is 0 Å². The molecule has 0 aliphatic rings. The molecule has 0 saturated heterocycles. The molecule has 0 aliphatic heterocycles. The SMILES string of the molecule is CC(COCCCC(F)(F)F)CS(=O)(=O)Cl. The van der Waals surface area contributed by atoms with E-state index in [1.165, 1.54) is 0 Å². The van der Waals surface area contributed by atoms with E-state index in [0.717, 1.165) is 0 Å². The van der Waals surface area contributed by atoms with Crippen LogP contribution in [0.25, 0.3) is 0 Å². The molecule has 0 saturated carbocycles. The molecular weight excluding hydrogens is 269 g/mol. The molecule has 0 aromatic rings. The second-order valence-corrected chi connectivity index (χ2v) is 6.43. The summed E-state index contributed by atoms with van der Waals surface area (Å²) in [7, 11) is 1.42. The van der Waals surface area contributed by atoms with Crippen molar-refractivity contribution in [2.45, 2.75) is 25.9 Å². The van der Waals surface area contributed by atoms with Gasteiger partial charge in [-0.1, -0.05) is 6.92 Å². The topological polar surface area (TPSA) is 43.4 Å². The Labute approximate surface area is 97.3 Å². The van der Waals surface area contributed by atoms with E-state index < -0.39 is 21.6 Å². The minimum absolute atomic E-state index is 0.0355. The van der Waals surface area contributed by atoms with Crippen molar-refractivity contribution in [3.8, 4) is 0 Å². The third-order valence-electron chi connectivity index (χ3n) is 1.63. The molecule has 0 N–H and O–H groups in total. The zero-order valence-corrected chi connectivity index (χ0v) is 10.3. The molecule has 16 heavy (non-hydrogen) atoms. The van der Waals surface area contributed by atoms with Gasteiger partial charge >= 0.3 is 6.18 Å². The van der Waals surface area contributed by atoms with Gasteiger partial charge < -0.3 is 4.74 Å². The maximum absolute atomic E-state index is 11.7. The standard InChI is InChI=1S/C8H14ClF3O3S/c1-7(6-16(9,13)14)5-15-4-2-3-8(10,11)12/h7H,2-6H2,1H3. The van der Waals surface area contributed by atoms with Crippen molar-refractivity contribution >= 4 is 19.7 Å². The van der Waals surface area contributed by atoms with Crippen LogP contribution in [0.5, 0.6) is 0 Å². The number of ether oxygens (including phenoxy) is 1. The summed E-state index contributed by atoms with van der Waals surface area (Å²) < 4.78 is 61.3. The fraction of sp³-hybridized carbons (Fsp3) is 1.00. The average molecular weight is 283 g/mol. The van der Waals surface area contributed by atoms with Crippen LogP contribution < -0.4 is 0 Å². The molecule has 1 unspecified atom stereocenters. The average Bonchev–Trinajstić information content (AvgIpc) is 1.97. The number of alkyl halides is 3. The molecule has 0 aliphatic carbocycles. The van der Waals surface area contributed by atoms with Crippen molar-refractivity contribution in [2.75, 3.05) is 19.0 Å². The summed E-state index contributed by atoms with van der Waals surface area (Å²) in [6.07, 6.45) is -5.19. The zero-order valence-electron chi connectivity index (χ0n) is 8.76. The van der Waals surface area contributed by atoms with Gasteiger partial charge in [-0.2, -0.15) is 13.2 Å². The Morgan fingerprint density at radius 2 is 1.94 bits per heavy atom. The molecular formula is C8H14ClF3O3S. The van der Waals surface area contributed by atoms with Crippen molar-refractivity contribution in [1.29, 1.82) is 0 Å². The number of halogens is 4. The molecule has 1 atom stereocenters. The predicted molar refractivity (Wildman–Crippen MR) is 54.9 cm³/mol. The highest BCUT2D eigenvalue weighted by Gasteiger charge is 2.26. The second-order valence-electron chi connectivity index (χ2n) is 3.60. The monoisotopic (exact) mass is 282 g/mol. The normalized spacial score (nSPS) is 15.1. The Balaban J connectivity index is 3.53. The first-order valence-corrected chi connectivity index (χ1v) is 7.15. The Hall–Kier alpha value is -0.0100. The van der Waals surface area contributed by atoms with Gasteiger partial charge in [0.05, 0.1) is 12.4 Å². The number of rotatable bonds is 7. The van der Waals surface area contributed by atoms with Crippen LogP contribution in [0.2, 0.25) is 0 Å². The first-order chi connectivity index (χ1) is 7.10. The number of hydrogen-bond donors (Lipinski definition) is 0. The maximum Gasteiger partial charge on any atom is 0.389 e. The van der Waals surface area contributed by atoms with Crippen LogP contribution in [0.4, 0.5) is 13.2 Å². The third kappa shape index (κ3) is 12.1. The highest BCUT2D eigenvalue weighted by atomic mass is 35.7. The van der Waals surface area contributed by atoms with E-state index in [9.17, 15) is 21.6 Å². The second kappa shape index (κ2) is 6.66. The summed E-state index contributed by atoms with van der Waals surface area (Å²) >= 11 is 0. The molecule has 0 aromatic carbocycles. The molecule has 8 heteroatoms. The van der Waals surface area contributed by atoms with E-state index in [-0.39, 0.29) is 31.3 Å². The molecule has 0 heterocycles. The van der Waals surface area contributed by atoms with E-state index in [2.05, 4.69) is 0 Å². The Bertz CT molecular complexity index is 289. The van der Waals surface area contributed by atoms with E-state index in [4.69, 9.17) is 15.4 Å². The molecule has 0 amide bonds. The summed E-state index contributed by atoms with van der Waals surface area (Å²) in [5.41, 5.74) is 0. The molecule has 0 fully saturated rings. The molecule has 0 aromatic heterocycles. The Kier molecular flexibility index (Phi) is 6.65. The van der Waals surface area contributed by atoms with Gasteiger partial charge in [-0.15, -0.1) is 0 Å². The van der Waals surface area contributed by atoms with Crippen LogP contribution in [-0.2, 0) is 13.8 Å². The molecule has 0 spiro atoms. The molecule has 98 valence electrons. The van der Waals surface area contributed by atoms with Gasteiger partial charge in [0.1, 0.15) is 0 Å². The van der Waals surface area contributed by atoms with Gasteiger partial charge in [-0.05, 0) is 12.3 Å². The number of hydrogen-bond acceptors (Lipinski definition) is 3. The van der Waals surface area contributed by atoms with Crippen molar-refractivity contribution in [3.63, 3.8) is 0 Å². The van der Waals surface area contributed by atoms with Crippen molar-refractivity contribution in [2.24, 2.45) is 5.92 Å². The van der Waals surface area contributed by atoms with Crippen LogP contribution in [0, 0.1) is 5.92 Å². The summed E-state index contributed by atoms with van der Waals surface area (Å²) in [5, 5.41) is 0. The fourth-order valence-electron chi connectivity index (χ4n) is 1.05. The minimum atomic E-state index is -4.17. The molecule has 0 rings (SSSR count). The zero-order chi connectivity index (χ0) is 12.8. The Morgan fingerprint density at radius 1 is 1.38 bits per heavy atom. The largest absolute Gasteiger partial charge is 0.389 e. The van der Waals surface area contributed by atoms with Gasteiger partial charge in [-0.25, -0.2) is 8.42 Å². The first kappa shape index (κ1) is 16.0. The molecule has 0 bridgehead atoms. The summed E-state index contributed by atoms with van der Waals surface area (Å²) in [4.78, 5) is 0. The van der Waals surface area contributed by atoms with Crippen LogP contribution in [0.1, 0.15) is 19.8 Å². The predicted octanol–water partition coefficient (Wildman–Crippen LogP) is 2.55. The van der Waals surface area contributed by atoms with Gasteiger partial charge in [0.15, 0.2) is 0 Å². The summed E-state index contributed by atoms with van der Waals surface area (Å²) in [5.74, 6) is -0.568. The van der Waals surface area contributed by atoms with Crippen molar-refractivity contribution in [1.82, 2.24) is 0 Å². The van der Waals surface area contributed by atoms with Gasteiger partial charge in [-0.3, -0.25) is 0 Å². The quantitative estimate of drug-likeness (QED) is 0.532. The van der Waals surface area contributed by atoms with Gasteiger partial charge in [0, 0.05) is 23.7 Å². The van der Waals surface area contributed by atoms with Crippen LogP contribution >= 0.6 is 10.7 Å².